The summed E-state index contributed by atoms with van der Waals surface area (Å²) >= 11 is 0. The maximum Gasteiger partial charge on any atom is 0.336 e. The lowest BCUT2D eigenvalue weighted by Gasteiger charge is -2.34. The van der Waals surface area contributed by atoms with Crippen molar-refractivity contribution in [3.05, 3.63) is 76.6 Å². The zero-order chi connectivity index (χ0) is 24.1. The summed E-state index contributed by atoms with van der Waals surface area (Å²) < 4.78 is 22.4. The molecule has 4 rings (SSSR count). The molecule has 1 aliphatic carbocycles. The topological polar surface area (TPSA) is 83.1 Å². The molecule has 0 saturated carbocycles. The summed E-state index contributed by atoms with van der Waals surface area (Å²) in [5.74, 6) is 0.639. The molecular weight excluding hydrogens is 434 g/mol. The number of allylic oxidation sites excluding steroid dienone is 3. The van der Waals surface area contributed by atoms with Crippen LogP contribution in [0.5, 0.6) is 17.2 Å². The van der Waals surface area contributed by atoms with Crippen molar-refractivity contribution in [2.45, 2.75) is 32.1 Å². The number of benzene rings is 2. The van der Waals surface area contributed by atoms with Crippen LogP contribution in [0.3, 0.4) is 0 Å². The standard InChI is InChI=1S/C27H29NO6/c1-17-23(27(30)34-16-15-33-18-9-5-4-6-10-18)24(25-20(28-17)12-8-13-21(25)29)19-11-7-14-22(31-2)26(19)32-3/h4-7,9-11,14,24,28H,8,12-13,15-16H2,1-3H3/t24-/m0/s1. The summed E-state index contributed by atoms with van der Waals surface area (Å²) in [5.41, 5.74) is 3.19. The van der Waals surface area contributed by atoms with Gasteiger partial charge in [0.15, 0.2) is 17.3 Å². The molecule has 1 atom stereocenters. The minimum atomic E-state index is -0.614. The molecule has 178 valence electrons. The van der Waals surface area contributed by atoms with Gasteiger partial charge in [0.25, 0.3) is 0 Å². The van der Waals surface area contributed by atoms with E-state index < -0.39 is 11.9 Å². The molecule has 0 bridgehead atoms. The summed E-state index contributed by atoms with van der Waals surface area (Å²) in [6.07, 6.45) is 1.96. The van der Waals surface area contributed by atoms with Gasteiger partial charge >= 0.3 is 5.97 Å². The van der Waals surface area contributed by atoms with Crippen molar-refractivity contribution < 1.29 is 28.5 Å². The molecule has 2 aliphatic rings. The molecule has 0 saturated heterocycles. The first-order valence-corrected chi connectivity index (χ1v) is 11.3. The first kappa shape index (κ1) is 23.4. The second-order valence-corrected chi connectivity index (χ2v) is 8.15. The molecule has 1 aliphatic heterocycles. The Morgan fingerprint density at radius 3 is 2.53 bits per heavy atom. The number of Topliss-reactive ketones (excluding diaryl/α,β-unsaturated/α-hetero) is 1. The maximum atomic E-state index is 13.4. The summed E-state index contributed by atoms with van der Waals surface area (Å²) in [6, 6.07) is 14.8. The van der Waals surface area contributed by atoms with Crippen LogP contribution in [0.15, 0.2) is 71.1 Å². The molecule has 0 radical (unpaired) electrons. The van der Waals surface area contributed by atoms with Crippen LogP contribution >= 0.6 is 0 Å². The fraction of sp³-hybridized carbons (Fsp3) is 0.333. The van der Waals surface area contributed by atoms with E-state index in [1.807, 2.05) is 49.4 Å². The van der Waals surface area contributed by atoms with Gasteiger partial charge < -0.3 is 24.3 Å². The quantitative estimate of drug-likeness (QED) is 0.462. The van der Waals surface area contributed by atoms with E-state index in [9.17, 15) is 9.59 Å². The number of carbonyl (C=O) groups excluding carboxylic acids is 2. The molecule has 0 aromatic heterocycles. The van der Waals surface area contributed by atoms with Crippen molar-refractivity contribution in [3.63, 3.8) is 0 Å². The predicted octanol–water partition coefficient (Wildman–Crippen LogP) is 4.29. The molecule has 0 unspecified atom stereocenters. The van der Waals surface area contributed by atoms with Crippen molar-refractivity contribution in [2.24, 2.45) is 0 Å². The number of dihydropyridines is 1. The van der Waals surface area contributed by atoms with E-state index in [0.29, 0.717) is 46.1 Å². The summed E-state index contributed by atoms with van der Waals surface area (Å²) in [6.45, 7) is 2.13. The largest absolute Gasteiger partial charge is 0.493 e. The normalized spacial score (nSPS) is 17.6. The Labute approximate surface area is 199 Å². The maximum absolute atomic E-state index is 13.4. The van der Waals surface area contributed by atoms with Gasteiger partial charge in [-0.15, -0.1) is 0 Å². The molecule has 7 nitrogen and oxygen atoms in total. The molecule has 2 aromatic carbocycles. The van der Waals surface area contributed by atoms with Gasteiger partial charge in [0.05, 0.1) is 25.7 Å². The van der Waals surface area contributed by atoms with Crippen molar-refractivity contribution in [1.82, 2.24) is 5.32 Å². The van der Waals surface area contributed by atoms with Crippen LogP contribution < -0.4 is 19.5 Å². The average Bonchev–Trinajstić information content (AvgIpc) is 2.85. The van der Waals surface area contributed by atoms with Crippen LogP contribution in [-0.2, 0) is 14.3 Å². The van der Waals surface area contributed by atoms with E-state index in [0.717, 1.165) is 18.5 Å². The lowest BCUT2D eigenvalue weighted by Crippen LogP contribution is -2.34. The third kappa shape index (κ3) is 4.64. The van der Waals surface area contributed by atoms with Gasteiger partial charge in [-0.2, -0.15) is 0 Å². The van der Waals surface area contributed by atoms with Gasteiger partial charge in [0, 0.05) is 29.0 Å². The van der Waals surface area contributed by atoms with Crippen LogP contribution in [0.4, 0.5) is 0 Å². The van der Waals surface area contributed by atoms with Crippen molar-refractivity contribution in [1.29, 1.82) is 0 Å². The lowest BCUT2D eigenvalue weighted by molar-refractivity contribution is -0.140. The van der Waals surface area contributed by atoms with E-state index in [1.54, 1.807) is 20.3 Å². The summed E-state index contributed by atoms with van der Waals surface area (Å²) in [5, 5.41) is 3.30. The number of ether oxygens (including phenoxy) is 4. The number of rotatable bonds is 8. The Balaban J connectivity index is 1.65. The third-order valence-electron chi connectivity index (χ3n) is 6.07. The smallest absolute Gasteiger partial charge is 0.336 e. The molecule has 7 heteroatoms. The number of para-hydroxylation sites is 2. The lowest BCUT2D eigenvalue weighted by atomic mass is 9.75. The number of nitrogens with one attached hydrogen (secondary N) is 1. The van der Waals surface area contributed by atoms with Gasteiger partial charge in [-0.1, -0.05) is 30.3 Å². The SMILES string of the molecule is COc1cccc([C@H]2C(C(=O)OCCOc3ccccc3)=C(C)NC3=C2C(=O)CCC3)c1OC. The number of ketones is 1. The second kappa shape index (κ2) is 10.5. The number of methoxy groups -OCH3 is 2. The molecule has 1 N–H and O–H groups in total. The van der Waals surface area contributed by atoms with Crippen LogP contribution in [0.1, 0.15) is 37.7 Å². The first-order valence-electron chi connectivity index (χ1n) is 11.3. The highest BCUT2D eigenvalue weighted by molar-refractivity contribution is 6.04. The van der Waals surface area contributed by atoms with Gasteiger partial charge in [0.1, 0.15) is 19.0 Å². The Bertz CT molecular complexity index is 1140. The highest BCUT2D eigenvalue weighted by Crippen LogP contribution is 2.47. The van der Waals surface area contributed by atoms with Crippen LogP contribution in [-0.4, -0.2) is 39.2 Å². The van der Waals surface area contributed by atoms with Crippen molar-refractivity contribution in [2.75, 3.05) is 27.4 Å². The second-order valence-electron chi connectivity index (χ2n) is 8.15. The Kier molecular flexibility index (Phi) is 7.21. The van der Waals surface area contributed by atoms with E-state index in [4.69, 9.17) is 18.9 Å². The fourth-order valence-corrected chi connectivity index (χ4v) is 4.59. The van der Waals surface area contributed by atoms with E-state index in [1.165, 1.54) is 0 Å². The molecule has 2 aromatic rings. The fourth-order valence-electron chi connectivity index (χ4n) is 4.59. The Hall–Kier alpha value is -3.74. The number of hydrogen-bond acceptors (Lipinski definition) is 7. The van der Waals surface area contributed by atoms with Gasteiger partial charge in [-0.05, 0) is 38.0 Å². The van der Waals surface area contributed by atoms with E-state index >= 15 is 0 Å². The van der Waals surface area contributed by atoms with Gasteiger partial charge in [0.2, 0.25) is 0 Å². The number of carbonyl (C=O) groups is 2. The highest BCUT2D eigenvalue weighted by atomic mass is 16.6. The zero-order valence-corrected chi connectivity index (χ0v) is 19.7. The van der Waals surface area contributed by atoms with Gasteiger partial charge in [-0.25, -0.2) is 4.79 Å². The Morgan fingerprint density at radius 1 is 1.00 bits per heavy atom. The third-order valence-corrected chi connectivity index (χ3v) is 6.07. The van der Waals surface area contributed by atoms with Crippen LogP contribution in [0.2, 0.25) is 0 Å². The molecule has 34 heavy (non-hydrogen) atoms. The van der Waals surface area contributed by atoms with Crippen molar-refractivity contribution >= 4 is 11.8 Å². The minimum absolute atomic E-state index is 0.0221. The molecule has 0 fully saturated rings. The Morgan fingerprint density at radius 2 is 1.79 bits per heavy atom. The van der Waals surface area contributed by atoms with Crippen molar-refractivity contribution in [3.8, 4) is 17.2 Å². The summed E-state index contributed by atoms with van der Waals surface area (Å²) in [4.78, 5) is 26.5. The monoisotopic (exact) mass is 463 g/mol. The number of esters is 1. The minimum Gasteiger partial charge on any atom is -0.493 e. The summed E-state index contributed by atoms with van der Waals surface area (Å²) in [7, 11) is 3.11. The molecule has 1 heterocycles. The number of hydrogen-bond donors (Lipinski definition) is 1. The molecule has 0 spiro atoms. The van der Waals surface area contributed by atoms with Crippen LogP contribution in [0, 0.1) is 0 Å². The average molecular weight is 464 g/mol. The van der Waals surface area contributed by atoms with Crippen LogP contribution in [0.25, 0.3) is 0 Å². The van der Waals surface area contributed by atoms with E-state index in [2.05, 4.69) is 5.32 Å². The highest BCUT2D eigenvalue weighted by Gasteiger charge is 2.40. The zero-order valence-electron chi connectivity index (χ0n) is 19.7. The predicted molar refractivity (Wildman–Crippen MR) is 127 cm³/mol. The van der Waals surface area contributed by atoms with Gasteiger partial charge in [-0.3, -0.25) is 4.79 Å². The molecular formula is C27H29NO6. The van der Waals surface area contributed by atoms with E-state index in [-0.39, 0.29) is 19.0 Å². The molecule has 0 amide bonds. The first-order chi connectivity index (χ1) is 16.5.